The second-order valence-electron chi connectivity index (χ2n) is 2.36. The molecule has 0 aliphatic heterocycles. The molecule has 0 radical (unpaired) electrons. The van der Waals surface area contributed by atoms with Crippen molar-refractivity contribution in [1.29, 1.82) is 5.26 Å². The van der Waals surface area contributed by atoms with Gasteiger partial charge in [-0.25, -0.2) is 4.98 Å². The van der Waals surface area contributed by atoms with E-state index in [1.165, 1.54) is 0 Å². The lowest BCUT2D eigenvalue weighted by molar-refractivity contribution is -0.274. The molecule has 2 N–H and O–H groups in total. The minimum Gasteiger partial charge on any atom is -0.402 e. The van der Waals surface area contributed by atoms with Crippen LogP contribution in [-0.4, -0.2) is 11.3 Å². The minimum atomic E-state index is -4.83. The maximum Gasteiger partial charge on any atom is 0.573 e. The molecule has 0 aliphatic carbocycles. The van der Waals surface area contributed by atoms with Crippen LogP contribution in [0.4, 0.5) is 19.0 Å². The van der Waals surface area contributed by atoms with E-state index in [1.54, 1.807) is 28.7 Å². The van der Waals surface area contributed by atoms with Crippen LogP contribution in [0.2, 0.25) is 0 Å². The first-order valence-corrected chi connectivity index (χ1v) is 4.53. The van der Waals surface area contributed by atoms with Crippen molar-refractivity contribution in [2.75, 3.05) is 5.73 Å². The van der Waals surface area contributed by atoms with E-state index < -0.39 is 17.9 Å². The Hall–Kier alpha value is -1.24. The second-order valence-corrected chi connectivity index (χ2v) is 3.52. The number of nitrogen functional groups attached to an aromatic ring is 1. The highest BCUT2D eigenvalue weighted by atomic mass is 127. The number of ether oxygens (including phenoxy) is 1. The summed E-state index contributed by atoms with van der Waals surface area (Å²) in [6.07, 6.45) is -4.83. The Labute approximate surface area is 96.0 Å². The number of hydrogen-bond donors (Lipinski definition) is 1. The third kappa shape index (κ3) is 3.12. The Balaban J connectivity index is 3.13. The van der Waals surface area contributed by atoms with Crippen LogP contribution < -0.4 is 10.5 Å². The number of halogens is 4. The van der Waals surface area contributed by atoms with Crippen molar-refractivity contribution in [2.45, 2.75) is 6.36 Å². The molecule has 0 atom stereocenters. The first-order valence-electron chi connectivity index (χ1n) is 3.45. The fourth-order valence-corrected chi connectivity index (χ4v) is 1.30. The van der Waals surface area contributed by atoms with Gasteiger partial charge in [0, 0.05) is 6.07 Å². The van der Waals surface area contributed by atoms with Gasteiger partial charge in [0.2, 0.25) is 0 Å². The molecule has 0 saturated carbocycles. The number of anilines is 1. The van der Waals surface area contributed by atoms with Crippen LogP contribution in [0.1, 0.15) is 5.69 Å². The summed E-state index contributed by atoms with van der Waals surface area (Å²) < 4.78 is 39.4. The zero-order chi connectivity index (χ0) is 11.6. The molecule has 0 amide bonds. The van der Waals surface area contributed by atoms with Crippen LogP contribution in [0.3, 0.4) is 0 Å². The molecule has 1 aromatic rings. The Morgan fingerprint density at radius 1 is 1.53 bits per heavy atom. The molecule has 1 rings (SSSR count). The molecule has 0 aliphatic rings. The average molecular weight is 329 g/mol. The first-order chi connectivity index (χ1) is 6.83. The molecule has 0 bridgehead atoms. The molecule has 1 aromatic heterocycles. The van der Waals surface area contributed by atoms with E-state index in [9.17, 15) is 13.2 Å². The summed E-state index contributed by atoms with van der Waals surface area (Å²) in [6, 6.07) is 2.70. The van der Waals surface area contributed by atoms with Crippen LogP contribution in [-0.2, 0) is 0 Å². The van der Waals surface area contributed by atoms with Gasteiger partial charge in [0.15, 0.2) is 17.3 Å². The number of nitrogens with two attached hydrogens (primary N) is 1. The van der Waals surface area contributed by atoms with Gasteiger partial charge in [-0.05, 0) is 22.6 Å². The molecular formula is C7H3F3IN3O. The van der Waals surface area contributed by atoms with Gasteiger partial charge < -0.3 is 10.5 Å². The van der Waals surface area contributed by atoms with Gasteiger partial charge in [0.05, 0.1) is 3.57 Å². The quantitative estimate of drug-likeness (QED) is 0.801. The van der Waals surface area contributed by atoms with Gasteiger partial charge in [0.25, 0.3) is 0 Å². The number of nitrogens with zero attached hydrogens (tertiary/aromatic N) is 2. The fraction of sp³-hybridized carbons (Fsp3) is 0.143. The summed E-state index contributed by atoms with van der Waals surface area (Å²) in [6.45, 7) is 0. The molecular weight excluding hydrogens is 326 g/mol. The summed E-state index contributed by atoms with van der Waals surface area (Å²) in [7, 11) is 0. The van der Waals surface area contributed by atoms with E-state index in [4.69, 9.17) is 11.0 Å². The molecule has 0 fully saturated rings. The van der Waals surface area contributed by atoms with Crippen LogP contribution >= 0.6 is 22.6 Å². The van der Waals surface area contributed by atoms with Gasteiger partial charge in [-0.1, -0.05) is 0 Å². The Morgan fingerprint density at radius 3 is 2.60 bits per heavy atom. The highest BCUT2D eigenvalue weighted by Gasteiger charge is 2.32. The van der Waals surface area contributed by atoms with Crippen LogP contribution in [0.5, 0.6) is 5.75 Å². The van der Waals surface area contributed by atoms with Gasteiger partial charge >= 0.3 is 6.36 Å². The van der Waals surface area contributed by atoms with Gasteiger partial charge in [-0.3, -0.25) is 0 Å². The summed E-state index contributed by atoms with van der Waals surface area (Å²) in [5.41, 5.74) is 5.14. The molecule has 0 saturated heterocycles. The number of aromatic nitrogens is 1. The molecule has 8 heteroatoms. The molecule has 0 spiro atoms. The SMILES string of the molecule is N#Cc1nc(N)c(OC(F)(F)F)cc1I. The molecule has 15 heavy (non-hydrogen) atoms. The smallest absolute Gasteiger partial charge is 0.402 e. The van der Waals surface area contributed by atoms with E-state index in [1.807, 2.05) is 0 Å². The van der Waals surface area contributed by atoms with Crippen molar-refractivity contribution in [2.24, 2.45) is 0 Å². The number of hydrogen-bond acceptors (Lipinski definition) is 4. The average Bonchev–Trinajstić information content (AvgIpc) is 2.08. The molecule has 80 valence electrons. The van der Waals surface area contributed by atoms with Crippen molar-refractivity contribution >= 4 is 28.4 Å². The summed E-state index contributed by atoms with van der Waals surface area (Å²) in [4.78, 5) is 3.46. The zero-order valence-electron chi connectivity index (χ0n) is 6.97. The lowest BCUT2D eigenvalue weighted by Gasteiger charge is -2.10. The number of alkyl halides is 3. The second kappa shape index (κ2) is 4.09. The molecule has 0 unspecified atom stereocenters. The van der Waals surface area contributed by atoms with Gasteiger partial charge in [-0.2, -0.15) is 5.26 Å². The highest BCUT2D eigenvalue weighted by Crippen LogP contribution is 2.29. The predicted molar refractivity (Wildman–Crippen MR) is 52.8 cm³/mol. The van der Waals surface area contributed by atoms with E-state index in [-0.39, 0.29) is 9.26 Å². The third-order valence-electron chi connectivity index (χ3n) is 1.30. The summed E-state index contributed by atoms with van der Waals surface area (Å²) in [5.74, 6) is -1.07. The van der Waals surface area contributed by atoms with Crippen LogP contribution in [0.15, 0.2) is 6.07 Å². The maximum atomic E-state index is 11.9. The molecule has 0 aromatic carbocycles. The standard InChI is InChI=1S/C7H3F3IN3O/c8-7(9,10)15-5-1-3(11)4(2-12)14-6(5)13/h1H,(H2,13,14). The summed E-state index contributed by atoms with van der Waals surface area (Å²) in [5, 5.41) is 8.53. The van der Waals surface area contributed by atoms with E-state index >= 15 is 0 Å². The number of pyridine rings is 1. The molecule has 1 heterocycles. The number of nitriles is 1. The fourth-order valence-electron chi connectivity index (χ4n) is 0.771. The lowest BCUT2D eigenvalue weighted by Crippen LogP contribution is -2.18. The normalized spacial score (nSPS) is 10.9. The summed E-state index contributed by atoms with van der Waals surface area (Å²) >= 11 is 1.67. The first kappa shape index (κ1) is 11.8. The lowest BCUT2D eigenvalue weighted by atomic mass is 10.3. The minimum absolute atomic E-state index is 0.0392. The van der Waals surface area contributed by atoms with Crippen molar-refractivity contribution in [3.63, 3.8) is 0 Å². The van der Waals surface area contributed by atoms with E-state index in [0.29, 0.717) is 0 Å². The Kier molecular flexibility index (Phi) is 3.23. The highest BCUT2D eigenvalue weighted by molar-refractivity contribution is 14.1. The van der Waals surface area contributed by atoms with E-state index in [0.717, 1.165) is 6.07 Å². The van der Waals surface area contributed by atoms with Crippen LogP contribution in [0.25, 0.3) is 0 Å². The predicted octanol–water partition coefficient (Wildman–Crippen LogP) is 2.04. The van der Waals surface area contributed by atoms with Crippen LogP contribution in [0, 0.1) is 14.9 Å². The number of rotatable bonds is 1. The largest absolute Gasteiger partial charge is 0.573 e. The zero-order valence-corrected chi connectivity index (χ0v) is 9.13. The monoisotopic (exact) mass is 329 g/mol. The van der Waals surface area contributed by atoms with Crippen molar-refractivity contribution in [1.82, 2.24) is 4.98 Å². The van der Waals surface area contributed by atoms with Crippen molar-refractivity contribution in [3.8, 4) is 11.8 Å². The maximum absolute atomic E-state index is 11.9. The topological polar surface area (TPSA) is 71.9 Å². The van der Waals surface area contributed by atoms with Crippen molar-refractivity contribution < 1.29 is 17.9 Å². The Morgan fingerprint density at radius 2 is 2.13 bits per heavy atom. The van der Waals surface area contributed by atoms with Gasteiger partial charge in [-0.15, -0.1) is 13.2 Å². The van der Waals surface area contributed by atoms with E-state index in [2.05, 4.69) is 9.72 Å². The van der Waals surface area contributed by atoms with Gasteiger partial charge in [0.1, 0.15) is 6.07 Å². The molecule has 4 nitrogen and oxygen atoms in total. The Bertz CT molecular complexity index is 427. The van der Waals surface area contributed by atoms with Crippen molar-refractivity contribution in [3.05, 3.63) is 15.3 Å². The third-order valence-corrected chi connectivity index (χ3v) is 2.12.